The van der Waals surface area contributed by atoms with Gasteiger partial charge in [-0.1, -0.05) is 6.92 Å². The van der Waals surface area contributed by atoms with Gasteiger partial charge in [0.1, 0.15) is 5.82 Å². The highest BCUT2D eigenvalue weighted by atomic mass is 19.1. The number of aromatic nitrogens is 1. The summed E-state index contributed by atoms with van der Waals surface area (Å²) in [6, 6.07) is 3.90. The van der Waals surface area contributed by atoms with Crippen molar-refractivity contribution in [3.63, 3.8) is 0 Å². The van der Waals surface area contributed by atoms with Crippen molar-refractivity contribution in [2.75, 3.05) is 26.2 Å². The first-order valence-corrected chi connectivity index (χ1v) is 6.68. The minimum absolute atomic E-state index is 0.0259. The van der Waals surface area contributed by atoms with Crippen LogP contribution < -0.4 is 0 Å². The molecule has 0 spiro atoms. The van der Waals surface area contributed by atoms with Crippen molar-refractivity contribution in [3.05, 3.63) is 29.8 Å². The molecule has 0 aromatic carbocycles. The first-order chi connectivity index (χ1) is 9.22. The Balaban J connectivity index is 1.85. The maximum Gasteiger partial charge on any atom is 0.141 e. The van der Waals surface area contributed by atoms with Crippen LogP contribution in [-0.4, -0.2) is 47.0 Å². The number of halogens is 1. The Morgan fingerprint density at radius 2 is 2.11 bits per heavy atom. The fourth-order valence-corrected chi connectivity index (χ4v) is 2.46. The summed E-state index contributed by atoms with van der Waals surface area (Å²) in [6.45, 7) is 6.38. The van der Waals surface area contributed by atoms with E-state index in [0.29, 0.717) is 0 Å². The molecule has 1 aromatic heterocycles. The van der Waals surface area contributed by atoms with Gasteiger partial charge in [-0.3, -0.25) is 14.8 Å². The van der Waals surface area contributed by atoms with E-state index in [9.17, 15) is 4.39 Å². The molecule has 1 atom stereocenters. The Morgan fingerprint density at radius 3 is 2.68 bits per heavy atom. The molecule has 1 saturated heterocycles. The summed E-state index contributed by atoms with van der Waals surface area (Å²) < 4.78 is 13.1. The number of hydrogen-bond acceptors (Lipinski definition) is 4. The lowest BCUT2D eigenvalue weighted by Gasteiger charge is -2.36. The topological polar surface area (TPSA) is 43.2 Å². The number of nitriles is 1. The van der Waals surface area contributed by atoms with Crippen molar-refractivity contribution >= 4 is 0 Å². The summed E-state index contributed by atoms with van der Waals surface area (Å²) in [5, 5.41) is 9.05. The van der Waals surface area contributed by atoms with Crippen LogP contribution in [0.4, 0.5) is 4.39 Å². The van der Waals surface area contributed by atoms with E-state index < -0.39 is 0 Å². The van der Waals surface area contributed by atoms with E-state index in [4.69, 9.17) is 5.26 Å². The van der Waals surface area contributed by atoms with Crippen molar-refractivity contribution in [1.82, 2.24) is 14.8 Å². The van der Waals surface area contributed by atoms with Crippen LogP contribution in [0, 0.1) is 17.1 Å². The number of rotatable bonds is 4. The predicted molar refractivity (Wildman–Crippen MR) is 70.7 cm³/mol. The lowest BCUT2D eigenvalue weighted by Crippen LogP contribution is -2.49. The predicted octanol–water partition coefficient (Wildman–Crippen LogP) is 1.64. The molecular weight excluding hydrogens is 243 g/mol. The quantitative estimate of drug-likeness (QED) is 0.827. The van der Waals surface area contributed by atoms with E-state index in [1.54, 1.807) is 6.20 Å². The maximum atomic E-state index is 13.1. The van der Waals surface area contributed by atoms with E-state index in [1.807, 2.05) is 6.92 Å². The molecule has 1 aliphatic rings. The summed E-state index contributed by atoms with van der Waals surface area (Å²) in [7, 11) is 0. The third-order valence-electron chi connectivity index (χ3n) is 3.55. The zero-order valence-corrected chi connectivity index (χ0v) is 11.2. The van der Waals surface area contributed by atoms with Gasteiger partial charge in [0.25, 0.3) is 0 Å². The molecule has 1 aliphatic heterocycles. The molecule has 0 bridgehead atoms. The fourth-order valence-electron chi connectivity index (χ4n) is 2.46. The lowest BCUT2D eigenvalue weighted by atomic mass is 10.1. The zero-order chi connectivity index (χ0) is 13.7. The molecule has 1 aromatic rings. The molecule has 0 N–H and O–H groups in total. The molecule has 0 radical (unpaired) electrons. The fraction of sp³-hybridized carbons (Fsp3) is 0.571. The molecule has 1 unspecified atom stereocenters. The van der Waals surface area contributed by atoms with Crippen molar-refractivity contribution in [2.45, 2.75) is 25.9 Å². The minimum atomic E-state index is -0.285. The van der Waals surface area contributed by atoms with Crippen LogP contribution in [0.15, 0.2) is 18.5 Å². The van der Waals surface area contributed by atoms with Gasteiger partial charge in [-0.15, -0.1) is 0 Å². The molecule has 0 aliphatic carbocycles. The van der Waals surface area contributed by atoms with Gasteiger partial charge in [-0.05, 0) is 18.1 Å². The van der Waals surface area contributed by atoms with E-state index in [2.05, 4.69) is 20.9 Å². The molecular formula is C14H19FN4. The Hall–Kier alpha value is -1.51. The van der Waals surface area contributed by atoms with Crippen molar-refractivity contribution in [1.29, 1.82) is 5.26 Å². The third kappa shape index (κ3) is 3.72. The van der Waals surface area contributed by atoms with E-state index in [-0.39, 0.29) is 11.9 Å². The Morgan fingerprint density at radius 1 is 1.37 bits per heavy atom. The number of piperazine rings is 1. The first-order valence-electron chi connectivity index (χ1n) is 6.68. The minimum Gasteiger partial charge on any atom is -0.296 e. The van der Waals surface area contributed by atoms with E-state index >= 15 is 0 Å². The summed E-state index contributed by atoms with van der Waals surface area (Å²) in [5.74, 6) is -0.285. The van der Waals surface area contributed by atoms with Crippen molar-refractivity contribution in [2.24, 2.45) is 0 Å². The maximum absolute atomic E-state index is 13.1. The van der Waals surface area contributed by atoms with Crippen LogP contribution in [0.2, 0.25) is 0 Å². The molecule has 4 nitrogen and oxygen atoms in total. The van der Waals surface area contributed by atoms with Crippen molar-refractivity contribution in [3.8, 4) is 6.07 Å². The van der Waals surface area contributed by atoms with Gasteiger partial charge in [0.2, 0.25) is 0 Å². The van der Waals surface area contributed by atoms with Gasteiger partial charge >= 0.3 is 0 Å². The van der Waals surface area contributed by atoms with Gasteiger partial charge in [-0.25, -0.2) is 4.39 Å². The van der Waals surface area contributed by atoms with Gasteiger partial charge in [0.05, 0.1) is 18.3 Å². The van der Waals surface area contributed by atoms with Crippen LogP contribution in [0.25, 0.3) is 0 Å². The SMILES string of the molecule is CCC(C#N)N1CCN(Cc2cncc(F)c2)CC1. The Bertz CT molecular complexity index is 449. The third-order valence-corrected chi connectivity index (χ3v) is 3.55. The summed E-state index contributed by atoms with van der Waals surface area (Å²) >= 11 is 0. The van der Waals surface area contributed by atoms with E-state index in [1.165, 1.54) is 12.3 Å². The summed E-state index contributed by atoms with van der Waals surface area (Å²) in [4.78, 5) is 8.36. The Labute approximate surface area is 113 Å². The summed E-state index contributed by atoms with van der Waals surface area (Å²) in [5.41, 5.74) is 0.903. The summed E-state index contributed by atoms with van der Waals surface area (Å²) in [6.07, 6.45) is 3.80. The normalized spacial score (nSPS) is 19.0. The largest absolute Gasteiger partial charge is 0.296 e. The van der Waals surface area contributed by atoms with Crippen molar-refractivity contribution < 1.29 is 4.39 Å². The number of hydrogen-bond donors (Lipinski definition) is 0. The molecule has 102 valence electrons. The van der Waals surface area contributed by atoms with Gasteiger partial charge < -0.3 is 0 Å². The second-order valence-corrected chi connectivity index (χ2v) is 4.88. The van der Waals surface area contributed by atoms with Crippen LogP contribution in [-0.2, 0) is 6.54 Å². The smallest absolute Gasteiger partial charge is 0.141 e. The van der Waals surface area contributed by atoms with Gasteiger partial charge in [-0.2, -0.15) is 5.26 Å². The molecule has 0 amide bonds. The molecule has 2 heterocycles. The first kappa shape index (κ1) is 13.9. The highest BCUT2D eigenvalue weighted by Crippen LogP contribution is 2.12. The molecule has 0 saturated carbocycles. The van der Waals surface area contributed by atoms with Crippen LogP contribution in [0.5, 0.6) is 0 Å². The van der Waals surface area contributed by atoms with Crippen LogP contribution in [0.3, 0.4) is 0 Å². The average Bonchev–Trinajstić information content (AvgIpc) is 2.42. The van der Waals surface area contributed by atoms with Gasteiger partial charge in [0.15, 0.2) is 0 Å². The van der Waals surface area contributed by atoms with E-state index in [0.717, 1.165) is 44.7 Å². The monoisotopic (exact) mass is 262 g/mol. The molecule has 1 fully saturated rings. The second-order valence-electron chi connectivity index (χ2n) is 4.88. The van der Waals surface area contributed by atoms with Crippen LogP contribution >= 0.6 is 0 Å². The van der Waals surface area contributed by atoms with Crippen LogP contribution in [0.1, 0.15) is 18.9 Å². The Kier molecular flexibility index (Phi) is 4.83. The highest BCUT2D eigenvalue weighted by molar-refractivity contribution is 5.10. The standard InChI is InChI=1S/C14H19FN4/c1-2-14(8-16)19-5-3-18(4-6-19)11-12-7-13(15)10-17-9-12/h7,9-10,14H,2-6,11H2,1H3. The number of nitrogens with zero attached hydrogens (tertiary/aromatic N) is 4. The second kappa shape index (κ2) is 6.60. The molecule has 5 heteroatoms. The number of pyridine rings is 1. The van der Waals surface area contributed by atoms with Gasteiger partial charge in [0, 0.05) is 38.9 Å². The highest BCUT2D eigenvalue weighted by Gasteiger charge is 2.22. The molecule has 2 rings (SSSR count). The lowest BCUT2D eigenvalue weighted by molar-refractivity contribution is 0.108. The zero-order valence-electron chi connectivity index (χ0n) is 11.2. The average molecular weight is 262 g/mol. The molecule has 19 heavy (non-hydrogen) atoms.